The number of hydrogen-bond donors (Lipinski definition) is 1. The predicted molar refractivity (Wildman–Crippen MR) is 123 cm³/mol. The molecule has 0 amide bonds. The summed E-state index contributed by atoms with van der Waals surface area (Å²) < 4.78 is 0. The first-order valence-electron chi connectivity index (χ1n) is 10.8. The summed E-state index contributed by atoms with van der Waals surface area (Å²) in [5.41, 5.74) is 1.03. The maximum atomic E-state index is 13.7. The van der Waals surface area contributed by atoms with E-state index in [0.29, 0.717) is 16.7 Å². The molecule has 1 aliphatic carbocycles. The summed E-state index contributed by atoms with van der Waals surface area (Å²) >= 11 is 0. The van der Waals surface area contributed by atoms with Crippen molar-refractivity contribution in [2.75, 3.05) is 0 Å². The lowest BCUT2D eigenvalue weighted by Crippen LogP contribution is -2.54. The lowest BCUT2D eigenvalue weighted by Gasteiger charge is -2.45. The van der Waals surface area contributed by atoms with Crippen LogP contribution in [-0.2, 0) is 4.79 Å². The number of rotatable bonds is 5. The molecular formula is C28H26O4. The Morgan fingerprint density at radius 2 is 1.31 bits per heavy atom. The summed E-state index contributed by atoms with van der Waals surface area (Å²) in [6, 6.07) is 24.9. The molecular weight excluding hydrogens is 400 g/mol. The largest absolute Gasteiger partial charge is 0.389 e. The molecule has 1 fully saturated rings. The number of Topliss-reactive ketones (excluding diaryl/α,β-unsaturated/α-hetero) is 3. The monoisotopic (exact) mass is 426 g/mol. The van der Waals surface area contributed by atoms with Gasteiger partial charge in [0.05, 0.1) is 17.4 Å². The lowest BCUT2D eigenvalue weighted by molar-refractivity contribution is -0.134. The second-order valence-corrected chi connectivity index (χ2v) is 8.85. The highest BCUT2D eigenvalue weighted by molar-refractivity contribution is 6.13. The summed E-state index contributed by atoms with van der Waals surface area (Å²) in [5.74, 6) is -3.68. The van der Waals surface area contributed by atoms with Crippen LogP contribution < -0.4 is 0 Å². The van der Waals surface area contributed by atoms with E-state index in [2.05, 4.69) is 0 Å². The Morgan fingerprint density at radius 3 is 1.84 bits per heavy atom. The van der Waals surface area contributed by atoms with Crippen LogP contribution in [0.2, 0.25) is 0 Å². The Balaban J connectivity index is 1.89. The van der Waals surface area contributed by atoms with Gasteiger partial charge in [-0.3, -0.25) is 14.4 Å². The lowest BCUT2D eigenvalue weighted by atomic mass is 9.58. The molecule has 32 heavy (non-hydrogen) atoms. The molecule has 3 aromatic rings. The summed E-state index contributed by atoms with van der Waals surface area (Å²) in [6.07, 6.45) is -0.248. The smallest absolute Gasteiger partial charge is 0.173 e. The number of aryl methyl sites for hydroxylation is 1. The molecule has 1 saturated carbocycles. The average molecular weight is 427 g/mol. The molecule has 0 aromatic heterocycles. The highest BCUT2D eigenvalue weighted by Gasteiger charge is 2.55. The molecule has 1 N–H and O–H groups in total. The third-order valence-electron chi connectivity index (χ3n) is 6.41. The third kappa shape index (κ3) is 4.06. The summed E-state index contributed by atoms with van der Waals surface area (Å²) in [5, 5.41) is 11.3. The van der Waals surface area contributed by atoms with E-state index < -0.39 is 23.4 Å². The highest BCUT2D eigenvalue weighted by Crippen LogP contribution is 2.48. The minimum Gasteiger partial charge on any atom is -0.389 e. The van der Waals surface area contributed by atoms with Crippen LogP contribution in [0.25, 0.3) is 0 Å². The van der Waals surface area contributed by atoms with Crippen LogP contribution in [-0.4, -0.2) is 28.1 Å². The van der Waals surface area contributed by atoms with Crippen molar-refractivity contribution in [2.45, 2.75) is 31.8 Å². The standard InChI is InChI=1S/C28H26O4/c1-18-13-15-19(16-14-18)23-24(26(30)20-9-5-3-6-10-20)22(29)17-28(2,32)25(23)27(31)21-11-7-4-8-12-21/h3-16,23-25,32H,17H2,1-2H3/t23-,24-,25-,28-/m1/s1. The van der Waals surface area contributed by atoms with E-state index in [1.54, 1.807) is 48.5 Å². The van der Waals surface area contributed by atoms with Gasteiger partial charge in [0.25, 0.3) is 0 Å². The van der Waals surface area contributed by atoms with E-state index in [1.807, 2.05) is 43.3 Å². The number of carbonyl (C=O) groups is 3. The zero-order valence-corrected chi connectivity index (χ0v) is 18.2. The van der Waals surface area contributed by atoms with Crippen molar-refractivity contribution in [3.63, 3.8) is 0 Å². The summed E-state index contributed by atoms with van der Waals surface area (Å²) in [4.78, 5) is 40.5. The van der Waals surface area contributed by atoms with Crippen LogP contribution in [0.4, 0.5) is 0 Å². The molecule has 4 nitrogen and oxygen atoms in total. The van der Waals surface area contributed by atoms with Gasteiger partial charge in [0.2, 0.25) is 0 Å². The molecule has 162 valence electrons. The van der Waals surface area contributed by atoms with Gasteiger partial charge >= 0.3 is 0 Å². The fourth-order valence-corrected chi connectivity index (χ4v) is 4.84. The zero-order valence-electron chi connectivity index (χ0n) is 18.2. The van der Waals surface area contributed by atoms with Crippen molar-refractivity contribution in [3.05, 3.63) is 107 Å². The van der Waals surface area contributed by atoms with Gasteiger partial charge in [-0.2, -0.15) is 0 Å². The Hall–Kier alpha value is -3.37. The molecule has 0 bridgehead atoms. The minimum atomic E-state index is -1.58. The van der Waals surface area contributed by atoms with Gasteiger partial charge in [-0.15, -0.1) is 0 Å². The molecule has 0 saturated heterocycles. The zero-order chi connectivity index (χ0) is 22.9. The van der Waals surface area contributed by atoms with Crippen molar-refractivity contribution < 1.29 is 19.5 Å². The third-order valence-corrected chi connectivity index (χ3v) is 6.41. The van der Waals surface area contributed by atoms with Gasteiger partial charge in [-0.1, -0.05) is 90.5 Å². The number of ketones is 3. The molecule has 0 spiro atoms. The molecule has 3 aromatic carbocycles. The molecule has 0 heterocycles. The first-order valence-corrected chi connectivity index (χ1v) is 10.8. The van der Waals surface area contributed by atoms with Gasteiger partial charge in [-0.25, -0.2) is 0 Å². The summed E-state index contributed by atoms with van der Waals surface area (Å²) in [6.45, 7) is 3.48. The van der Waals surface area contributed by atoms with Crippen molar-refractivity contribution in [2.24, 2.45) is 11.8 Å². The molecule has 4 atom stereocenters. The van der Waals surface area contributed by atoms with Crippen molar-refractivity contribution in [1.29, 1.82) is 0 Å². The summed E-state index contributed by atoms with van der Waals surface area (Å²) in [7, 11) is 0. The number of hydrogen-bond acceptors (Lipinski definition) is 4. The highest BCUT2D eigenvalue weighted by atomic mass is 16.3. The van der Waals surface area contributed by atoms with Crippen molar-refractivity contribution in [3.8, 4) is 0 Å². The van der Waals surface area contributed by atoms with Crippen LogP contribution in [0.3, 0.4) is 0 Å². The topological polar surface area (TPSA) is 71.4 Å². The first-order chi connectivity index (χ1) is 15.3. The predicted octanol–water partition coefficient (Wildman–Crippen LogP) is 4.80. The normalized spacial score (nSPS) is 25.3. The van der Waals surface area contributed by atoms with E-state index in [1.165, 1.54) is 6.92 Å². The van der Waals surface area contributed by atoms with E-state index in [9.17, 15) is 19.5 Å². The van der Waals surface area contributed by atoms with E-state index in [4.69, 9.17) is 0 Å². The van der Waals surface area contributed by atoms with Gasteiger partial charge < -0.3 is 5.11 Å². The van der Waals surface area contributed by atoms with Crippen molar-refractivity contribution in [1.82, 2.24) is 0 Å². The quantitative estimate of drug-likeness (QED) is 0.470. The van der Waals surface area contributed by atoms with Gasteiger partial charge in [-0.05, 0) is 19.4 Å². The molecule has 4 rings (SSSR count). The number of carbonyl (C=O) groups excluding carboxylic acids is 3. The second kappa shape index (κ2) is 8.64. The molecule has 0 unspecified atom stereocenters. The Bertz CT molecular complexity index is 1130. The van der Waals surface area contributed by atoms with Crippen LogP contribution in [0, 0.1) is 18.8 Å². The average Bonchev–Trinajstić information content (AvgIpc) is 2.79. The Labute approximate surface area is 187 Å². The number of benzene rings is 3. The fourth-order valence-electron chi connectivity index (χ4n) is 4.84. The minimum absolute atomic E-state index is 0.248. The van der Waals surface area contributed by atoms with E-state index in [-0.39, 0.29) is 23.8 Å². The molecule has 1 aliphatic rings. The fraction of sp³-hybridized carbons (Fsp3) is 0.250. The molecule has 0 radical (unpaired) electrons. The van der Waals surface area contributed by atoms with E-state index in [0.717, 1.165) is 5.56 Å². The van der Waals surface area contributed by atoms with Crippen LogP contribution in [0.1, 0.15) is 51.1 Å². The van der Waals surface area contributed by atoms with Gasteiger partial charge in [0, 0.05) is 23.5 Å². The van der Waals surface area contributed by atoms with Crippen LogP contribution in [0.15, 0.2) is 84.9 Å². The van der Waals surface area contributed by atoms with E-state index >= 15 is 0 Å². The van der Waals surface area contributed by atoms with Gasteiger partial charge in [0.1, 0.15) is 5.78 Å². The SMILES string of the molecule is Cc1ccc([C@@H]2[C@H](C(=O)c3ccccc3)C(=O)C[C@@](C)(O)[C@H]2C(=O)c2ccccc2)cc1. The maximum absolute atomic E-state index is 13.7. The Morgan fingerprint density at radius 1 is 0.812 bits per heavy atom. The number of aliphatic hydroxyl groups is 1. The maximum Gasteiger partial charge on any atom is 0.173 e. The van der Waals surface area contributed by atoms with Crippen LogP contribution >= 0.6 is 0 Å². The first kappa shape index (κ1) is 21.8. The Kier molecular flexibility index (Phi) is 5.90. The van der Waals surface area contributed by atoms with Crippen molar-refractivity contribution >= 4 is 17.3 Å². The van der Waals surface area contributed by atoms with Gasteiger partial charge in [0.15, 0.2) is 11.6 Å². The molecule has 4 heteroatoms. The molecule has 0 aliphatic heterocycles. The van der Waals surface area contributed by atoms with Crippen LogP contribution in [0.5, 0.6) is 0 Å². The second-order valence-electron chi connectivity index (χ2n) is 8.85.